The first kappa shape index (κ1) is 13.5. The van der Waals surface area contributed by atoms with Crippen LogP contribution in [0.2, 0.25) is 0 Å². The van der Waals surface area contributed by atoms with E-state index in [4.69, 9.17) is 5.73 Å². The van der Waals surface area contributed by atoms with Crippen LogP contribution in [0.3, 0.4) is 0 Å². The summed E-state index contributed by atoms with van der Waals surface area (Å²) in [5.74, 6) is -0.134. The fourth-order valence-electron chi connectivity index (χ4n) is 2.27. The van der Waals surface area contributed by atoms with Crippen molar-refractivity contribution in [2.75, 3.05) is 0 Å². The standard InChI is InChI=1S/C13H18BrN3O/c14-9-6-7-12(16-8-9)13(18)17-11-5-3-1-2-4-10(11)15/h6-8,10-11H,1-5,15H2,(H,17,18). The Morgan fingerprint density at radius 2 is 2.11 bits per heavy atom. The van der Waals surface area contributed by atoms with Crippen molar-refractivity contribution in [3.05, 3.63) is 28.5 Å². The zero-order valence-corrected chi connectivity index (χ0v) is 11.8. The summed E-state index contributed by atoms with van der Waals surface area (Å²) in [7, 11) is 0. The second-order valence-corrected chi connectivity index (χ2v) is 5.66. The minimum Gasteiger partial charge on any atom is -0.346 e. The van der Waals surface area contributed by atoms with Crippen LogP contribution < -0.4 is 11.1 Å². The summed E-state index contributed by atoms with van der Waals surface area (Å²) in [5.41, 5.74) is 6.53. The number of hydrogen-bond acceptors (Lipinski definition) is 3. The summed E-state index contributed by atoms with van der Waals surface area (Å²) < 4.78 is 0.866. The van der Waals surface area contributed by atoms with Gasteiger partial charge in [0, 0.05) is 22.8 Å². The number of hydrogen-bond donors (Lipinski definition) is 2. The summed E-state index contributed by atoms with van der Waals surface area (Å²) in [6.45, 7) is 0. The van der Waals surface area contributed by atoms with Crippen molar-refractivity contribution < 1.29 is 4.79 Å². The normalized spacial score (nSPS) is 24.3. The van der Waals surface area contributed by atoms with E-state index in [0.717, 1.165) is 30.2 Å². The van der Waals surface area contributed by atoms with Crippen LogP contribution >= 0.6 is 15.9 Å². The number of carbonyl (C=O) groups excluding carboxylic acids is 1. The summed E-state index contributed by atoms with van der Waals surface area (Å²) in [6, 6.07) is 3.66. The van der Waals surface area contributed by atoms with Gasteiger partial charge < -0.3 is 11.1 Å². The van der Waals surface area contributed by atoms with Crippen molar-refractivity contribution in [1.29, 1.82) is 0 Å². The van der Waals surface area contributed by atoms with E-state index in [0.29, 0.717) is 5.69 Å². The molecule has 0 bridgehead atoms. The number of rotatable bonds is 2. The van der Waals surface area contributed by atoms with E-state index in [1.54, 1.807) is 12.3 Å². The summed E-state index contributed by atoms with van der Waals surface area (Å²) >= 11 is 3.30. The second-order valence-electron chi connectivity index (χ2n) is 4.74. The number of halogens is 1. The van der Waals surface area contributed by atoms with E-state index in [1.165, 1.54) is 6.42 Å². The molecule has 0 spiro atoms. The van der Waals surface area contributed by atoms with Gasteiger partial charge in [0.1, 0.15) is 5.69 Å². The summed E-state index contributed by atoms with van der Waals surface area (Å²) in [6.07, 6.45) is 7.07. The summed E-state index contributed by atoms with van der Waals surface area (Å²) in [4.78, 5) is 16.1. The zero-order chi connectivity index (χ0) is 13.0. The van der Waals surface area contributed by atoms with Gasteiger partial charge in [-0.3, -0.25) is 4.79 Å². The third-order valence-corrected chi connectivity index (χ3v) is 3.82. The lowest BCUT2D eigenvalue weighted by Gasteiger charge is -2.22. The molecule has 2 atom stereocenters. The number of amides is 1. The third-order valence-electron chi connectivity index (χ3n) is 3.35. The van der Waals surface area contributed by atoms with Gasteiger partial charge in [-0.2, -0.15) is 0 Å². The Hall–Kier alpha value is -0.940. The molecule has 3 N–H and O–H groups in total. The van der Waals surface area contributed by atoms with Crippen LogP contribution in [0.15, 0.2) is 22.8 Å². The lowest BCUT2D eigenvalue weighted by molar-refractivity contribution is 0.0923. The maximum absolute atomic E-state index is 12.0. The molecule has 4 nitrogen and oxygen atoms in total. The number of nitrogens with zero attached hydrogens (tertiary/aromatic N) is 1. The number of aromatic nitrogens is 1. The van der Waals surface area contributed by atoms with E-state index >= 15 is 0 Å². The SMILES string of the molecule is NC1CCCCCC1NC(=O)c1ccc(Br)cn1. The fourth-order valence-corrected chi connectivity index (χ4v) is 2.50. The number of pyridine rings is 1. The molecule has 0 radical (unpaired) electrons. The smallest absolute Gasteiger partial charge is 0.270 e. The lowest BCUT2D eigenvalue weighted by Crippen LogP contribution is -2.47. The first-order valence-corrected chi connectivity index (χ1v) is 7.14. The minimum atomic E-state index is -0.134. The molecule has 1 heterocycles. The minimum absolute atomic E-state index is 0.0619. The Balaban J connectivity index is 1.99. The molecule has 1 aromatic heterocycles. The Morgan fingerprint density at radius 3 is 2.83 bits per heavy atom. The van der Waals surface area contributed by atoms with Crippen LogP contribution in [0.25, 0.3) is 0 Å². The third kappa shape index (κ3) is 3.53. The maximum Gasteiger partial charge on any atom is 0.270 e. The highest BCUT2D eigenvalue weighted by atomic mass is 79.9. The van der Waals surface area contributed by atoms with E-state index in [1.807, 2.05) is 6.07 Å². The predicted molar refractivity (Wildman–Crippen MR) is 74.3 cm³/mol. The highest BCUT2D eigenvalue weighted by Crippen LogP contribution is 2.17. The Labute approximate surface area is 115 Å². The number of nitrogens with one attached hydrogen (secondary N) is 1. The van der Waals surface area contributed by atoms with E-state index in [9.17, 15) is 4.79 Å². The molecule has 1 aliphatic rings. The molecule has 2 unspecified atom stereocenters. The summed E-state index contributed by atoms with van der Waals surface area (Å²) in [5, 5.41) is 3.00. The Morgan fingerprint density at radius 1 is 1.33 bits per heavy atom. The molecule has 1 aliphatic carbocycles. The highest BCUT2D eigenvalue weighted by Gasteiger charge is 2.22. The number of carbonyl (C=O) groups is 1. The van der Waals surface area contributed by atoms with Crippen molar-refractivity contribution in [3.8, 4) is 0 Å². The van der Waals surface area contributed by atoms with Crippen LogP contribution in [0.4, 0.5) is 0 Å². The fraction of sp³-hybridized carbons (Fsp3) is 0.538. The molecule has 1 fully saturated rings. The Kier molecular flexibility index (Phi) is 4.72. The molecule has 18 heavy (non-hydrogen) atoms. The van der Waals surface area contributed by atoms with E-state index in [-0.39, 0.29) is 18.0 Å². The van der Waals surface area contributed by atoms with Crippen LogP contribution in [-0.4, -0.2) is 23.0 Å². The van der Waals surface area contributed by atoms with Crippen molar-refractivity contribution in [2.45, 2.75) is 44.2 Å². The van der Waals surface area contributed by atoms with Gasteiger partial charge in [-0.25, -0.2) is 4.98 Å². The average Bonchev–Trinajstić information content (AvgIpc) is 2.56. The van der Waals surface area contributed by atoms with Gasteiger partial charge in [-0.05, 0) is 40.9 Å². The van der Waals surface area contributed by atoms with Crippen LogP contribution in [0.1, 0.15) is 42.6 Å². The van der Waals surface area contributed by atoms with Crippen LogP contribution in [0.5, 0.6) is 0 Å². The van der Waals surface area contributed by atoms with E-state index < -0.39 is 0 Å². The first-order valence-electron chi connectivity index (χ1n) is 6.35. The van der Waals surface area contributed by atoms with Gasteiger partial charge in [0.2, 0.25) is 0 Å². The van der Waals surface area contributed by atoms with Crippen LogP contribution in [-0.2, 0) is 0 Å². The van der Waals surface area contributed by atoms with Gasteiger partial charge in [-0.1, -0.05) is 19.3 Å². The molecule has 1 saturated carbocycles. The lowest BCUT2D eigenvalue weighted by atomic mass is 10.0. The molecular weight excluding hydrogens is 294 g/mol. The molecule has 98 valence electrons. The zero-order valence-electron chi connectivity index (χ0n) is 10.2. The topological polar surface area (TPSA) is 68.0 Å². The molecular formula is C13H18BrN3O. The molecule has 0 saturated heterocycles. The van der Waals surface area contributed by atoms with Crippen molar-refractivity contribution in [2.24, 2.45) is 5.73 Å². The van der Waals surface area contributed by atoms with Crippen molar-refractivity contribution in [3.63, 3.8) is 0 Å². The van der Waals surface area contributed by atoms with Crippen molar-refractivity contribution >= 4 is 21.8 Å². The molecule has 0 aliphatic heterocycles. The monoisotopic (exact) mass is 311 g/mol. The Bertz CT molecular complexity index is 407. The van der Waals surface area contributed by atoms with Gasteiger partial charge in [-0.15, -0.1) is 0 Å². The average molecular weight is 312 g/mol. The van der Waals surface area contributed by atoms with Crippen LogP contribution in [0, 0.1) is 0 Å². The first-order chi connectivity index (χ1) is 8.66. The molecule has 2 rings (SSSR count). The molecule has 5 heteroatoms. The quantitative estimate of drug-likeness (QED) is 0.823. The highest BCUT2D eigenvalue weighted by molar-refractivity contribution is 9.10. The molecule has 1 aromatic rings. The largest absolute Gasteiger partial charge is 0.346 e. The van der Waals surface area contributed by atoms with Gasteiger partial charge >= 0.3 is 0 Å². The van der Waals surface area contributed by atoms with Gasteiger partial charge in [0.05, 0.1) is 0 Å². The predicted octanol–water partition coefficient (Wildman–Crippen LogP) is 2.23. The van der Waals surface area contributed by atoms with E-state index in [2.05, 4.69) is 26.2 Å². The number of nitrogens with two attached hydrogens (primary N) is 1. The second kappa shape index (κ2) is 6.29. The maximum atomic E-state index is 12.0. The molecule has 1 amide bonds. The van der Waals surface area contributed by atoms with Crippen molar-refractivity contribution in [1.82, 2.24) is 10.3 Å². The van der Waals surface area contributed by atoms with Gasteiger partial charge in [0.15, 0.2) is 0 Å². The van der Waals surface area contributed by atoms with Gasteiger partial charge in [0.25, 0.3) is 5.91 Å². The molecule has 0 aromatic carbocycles.